The van der Waals surface area contributed by atoms with Crippen LogP contribution in [0.25, 0.3) is 0 Å². The van der Waals surface area contributed by atoms with Crippen molar-refractivity contribution < 1.29 is 4.42 Å². The van der Waals surface area contributed by atoms with Crippen LogP contribution in [0.3, 0.4) is 0 Å². The molecule has 102 valence electrons. The second kappa shape index (κ2) is 6.95. The van der Waals surface area contributed by atoms with Gasteiger partial charge in [0, 0.05) is 0 Å². The molecule has 0 radical (unpaired) electrons. The van der Waals surface area contributed by atoms with E-state index in [1.54, 1.807) is 6.26 Å². The minimum absolute atomic E-state index is 0.321. The van der Waals surface area contributed by atoms with Gasteiger partial charge in [-0.3, -0.25) is 0 Å². The van der Waals surface area contributed by atoms with Gasteiger partial charge in [0.15, 0.2) is 0 Å². The summed E-state index contributed by atoms with van der Waals surface area (Å²) in [4.78, 5) is 2.60. The van der Waals surface area contributed by atoms with Gasteiger partial charge in [0.05, 0.1) is 12.3 Å². The van der Waals surface area contributed by atoms with Crippen molar-refractivity contribution in [2.24, 2.45) is 5.92 Å². The molecule has 0 bridgehead atoms. The second-order valence-electron chi connectivity index (χ2n) is 5.57. The highest BCUT2D eigenvalue weighted by Crippen LogP contribution is 2.16. The van der Waals surface area contributed by atoms with Crippen LogP contribution in [-0.4, -0.2) is 31.1 Å². The number of rotatable bonds is 6. The normalized spacial score (nSPS) is 20.1. The Morgan fingerprint density at radius 3 is 2.89 bits per heavy atom. The van der Waals surface area contributed by atoms with Gasteiger partial charge < -0.3 is 14.6 Å². The predicted octanol–water partition coefficient (Wildman–Crippen LogP) is 3.05. The van der Waals surface area contributed by atoms with Crippen molar-refractivity contribution in [2.45, 2.75) is 39.2 Å². The van der Waals surface area contributed by atoms with Gasteiger partial charge in [-0.2, -0.15) is 0 Å². The zero-order valence-electron chi connectivity index (χ0n) is 11.7. The predicted molar refractivity (Wildman–Crippen MR) is 74.6 cm³/mol. The standard InChI is InChI=1S/C15H26N2O/c1-13-6-10-17(11-7-13)9-4-8-16-14(2)15-5-3-12-18-15/h3,5,12-14,16H,4,6-11H2,1-2H3. The molecule has 2 rings (SSSR count). The molecule has 1 aromatic rings. The SMILES string of the molecule is CC1CCN(CCCNC(C)c2ccco2)CC1. The summed E-state index contributed by atoms with van der Waals surface area (Å²) < 4.78 is 5.38. The summed E-state index contributed by atoms with van der Waals surface area (Å²) in [5.74, 6) is 1.96. The van der Waals surface area contributed by atoms with Gasteiger partial charge in [0.25, 0.3) is 0 Å². The Hall–Kier alpha value is -0.800. The molecule has 1 fully saturated rings. The molecule has 2 heterocycles. The average Bonchev–Trinajstić information content (AvgIpc) is 2.90. The van der Waals surface area contributed by atoms with Crippen LogP contribution in [0, 0.1) is 5.92 Å². The summed E-state index contributed by atoms with van der Waals surface area (Å²) in [6.45, 7) is 9.38. The van der Waals surface area contributed by atoms with Crippen LogP contribution >= 0.6 is 0 Å². The summed E-state index contributed by atoms with van der Waals surface area (Å²) in [5, 5.41) is 3.51. The van der Waals surface area contributed by atoms with Gasteiger partial charge in [-0.05, 0) is 70.4 Å². The fourth-order valence-electron chi connectivity index (χ4n) is 2.55. The van der Waals surface area contributed by atoms with Crippen LogP contribution in [0.5, 0.6) is 0 Å². The molecular weight excluding hydrogens is 224 g/mol. The third-order valence-electron chi connectivity index (χ3n) is 3.95. The van der Waals surface area contributed by atoms with Gasteiger partial charge in [-0.1, -0.05) is 6.92 Å². The molecular formula is C15H26N2O. The smallest absolute Gasteiger partial charge is 0.120 e. The van der Waals surface area contributed by atoms with E-state index in [0.717, 1.165) is 18.2 Å². The maximum Gasteiger partial charge on any atom is 0.120 e. The third-order valence-corrected chi connectivity index (χ3v) is 3.95. The van der Waals surface area contributed by atoms with Gasteiger partial charge >= 0.3 is 0 Å². The van der Waals surface area contributed by atoms with E-state index in [0.29, 0.717) is 6.04 Å². The van der Waals surface area contributed by atoms with E-state index in [2.05, 4.69) is 24.1 Å². The Morgan fingerprint density at radius 2 is 2.22 bits per heavy atom. The lowest BCUT2D eigenvalue weighted by molar-refractivity contribution is 0.189. The Morgan fingerprint density at radius 1 is 1.44 bits per heavy atom. The zero-order chi connectivity index (χ0) is 12.8. The van der Waals surface area contributed by atoms with Gasteiger partial charge in [0.2, 0.25) is 0 Å². The van der Waals surface area contributed by atoms with Crippen LogP contribution in [0.2, 0.25) is 0 Å². The average molecular weight is 250 g/mol. The number of hydrogen-bond donors (Lipinski definition) is 1. The van der Waals surface area contributed by atoms with Crippen LogP contribution in [0.15, 0.2) is 22.8 Å². The molecule has 0 aromatic carbocycles. The lowest BCUT2D eigenvalue weighted by Crippen LogP contribution is -2.35. The lowest BCUT2D eigenvalue weighted by Gasteiger charge is -2.30. The molecule has 0 aliphatic carbocycles. The van der Waals surface area contributed by atoms with Crippen LogP contribution in [0.4, 0.5) is 0 Å². The van der Waals surface area contributed by atoms with Crippen molar-refractivity contribution in [1.82, 2.24) is 10.2 Å². The van der Waals surface area contributed by atoms with Gasteiger partial charge in [0.1, 0.15) is 5.76 Å². The molecule has 1 saturated heterocycles. The van der Waals surface area contributed by atoms with Crippen LogP contribution in [-0.2, 0) is 0 Å². The maximum atomic E-state index is 5.38. The summed E-state index contributed by atoms with van der Waals surface area (Å²) in [5.41, 5.74) is 0. The molecule has 18 heavy (non-hydrogen) atoms. The summed E-state index contributed by atoms with van der Waals surface area (Å²) in [6.07, 6.45) is 5.70. The van der Waals surface area contributed by atoms with Crippen molar-refractivity contribution in [3.8, 4) is 0 Å². The fourth-order valence-corrected chi connectivity index (χ4v) is 2.55. The molecule has 3 heteroatoms. The van der Waals surface area contributed by atoms with E-state index in [4.69, 9.17) is 4.42 Å². The van der Waals surface area contributed by atoms with E-state index in [-0.39, 0.29) is 0 Å². The van der Waals surface area contributed by atoms with E-state index in [1.807, 2.05) is 12.1 Å². The Labute approximate surface area is 111 Å². The maximum absolute atomic E-state index is 5.38. The Balaban J connectivity index is 1.56. The molecule has 1 aromatic heterocycles. The molecule has 1 N–H and O–H groups in total. The van der Waals surface area contributed by atoms with E-state index in [9.17, 15) is 0 Å². The van der Waals surface area contributed by atoms with E-state index < -0.39 is 0 Å². The molecule has 0 amide bonds. The number of piperidine rings is 1. The first-order chi connectivity index (χ1) is 8.75. The van der Waals surface area contributed by atoms with Crippen molar-refractivity contribution in [3.63, 3.8) is 0 Å². The third kappa shape index (κ3) is 4.14. The fraction of sp³-hybridized carbons (Fsp3) is 0.733. The molecule has 1 aliphatic rings. The first kappa shape index (κ1) is 13.6. The van der Waals surface area contributed by atoms with Crippen molar-refractivity contribution >= 4 is 0 Å². The Bertz CT molecular complexity index is 315. The molecule has 1 unspecified atom stereocenters. The topological polar surface area (TPSA) is 28.4 Å². The number of nitrogens with zero attached hydrogens (tertiary/aromatic N) is 1. The van der Waals surface area contributed by atoms with Gasteiger partial charge in [-0.25, -0.2) is 0 Å². The quantitative estimate of drug-likeness (QED) is 0.787. The minimum Gasteiger partial charge on any atom is -0.468 e. The van der Waals surface area contributed by atoms with Crippen molar-refractivity contribution in [1.29, 1.82) is 0 Å². The minimum atomic E-state index is 0.321. The molecule has 0 saturated carbocycles. The van der Waals surface area contributed by atoms with Crippen LogP contribution < -0.4 is 5.32 Å². The van der Waals surface area contributed by atoms with Gasteiger partial charge in [-0.15, -0.1) is 0 Å². The summed E-state index contributed by atoms with van der Waals surface area (Å²) in [7, 11) is 0. The zero-order valence-corrected chi connectivity index (χ0v) is 11.7. The lowest BCUT2D eigenvalue weighted by atomic mass is 9.99. The first-order valence-corrected chi connectivity index (χ1v) is 7.25. The first-order valence-electron chi connectivity index (χ1n) is 7.25. The largest absolute Gasteiger partial charge is 0.468 e. The van der Waals surface area contributed by atoms with E-state index >= 15 is 0 Å². The van der Waals surface area contributed by atoms with Crippen LogP contribution in [0.1, 0.15) is 44.9 Å². The monoisotopic (exact) mass is 250 g/mol. The molecule has 1 atom stereocenters. The highest BCUT2D eigenvalue weighted by atomic mass is 16.3. The van der Waals surface area contributed by atoms with Crippen molar-refractivity contribution in [2.75, 3.05) is 26.2 Å². The van der Waals surface area contributed by atoms with Crippen molar-refractivity contribution in [3.05, 3.63) is 24.2 Å². The number of hydrogen-bond acceptors (Lipinski definition) is 3. The summed E-state index contributed by atoms with van der Waals surface area (Å²) in [6, 6.07) is 4.30. The molecule has 1 aliphatic heterocycles. The van der Waals surface area contributed by atoms with E-state index in [1.165, 1.54) is 38.9 Å². The Kier molecular flexibility index (Phi) is 5.26. The number of likely N-dealkylation sites (tertiary alicyclic amines) is 1. The highest BCUT2D eigenvalue weighted by Gasteiger charge is 2.15. The molecule has 3 nitrogen and oxygen atoms in total. The second-order valence-corrected chi connectivity index (χ2v) is 5.57. The highest BCUT2D eigenvalue weighted by molar-refractivity contribution is 5.02. The number of nitrogens with one attached hydrogen (secondary N) is 1. The number of furan rings is 1. The summed E-state index contributed by atoms with van der Waals surface area (Å²) >= 11 is 0. The molecule has 0 spiro atoms.